The zero-order valence-electron chi connectivity index (χ0n) is 11.7. The van der Waals surface area contributed by atoms with Crippen molar-refractivity contribution >= 4 is 11.6 Å². The molecule has 2 rings (SSSR count). The lowest BCUT2D eigenvalue weighted by molar-refractivity contribution is 0.0438. The van der Waals surface area contributed by atoms with E-state index in [0.717, 1.165) is 32.5 Å². The normalized spacial score (nSPS) is 19.6. The molecule has 1 aromatic carbocycles. The van der Waals surface area contributed by atoms with Crippen LogP contribution < -0.4 is 5.32 Å². The molecule has 0 unspecified atom stereocenters. The summed E-state index contributed by atoms with van der Waals surface area (Å²) in [6.45, 7) is 7.94. The Bertz CT molecular complexity index is 432. The van der Waals surface area contributed by atoms with E-state index >= 15 is 0 Å². The van der Waals surface area contributed by atoms with Crippen molar-refractivity contribution in [2.24, 2.45) is 0 Å². The summed E-state index contributed by atoms with van der Waals surface area (Å²) < 4.78 is 13.9. The Hall–Kier alpha value is -0.640. The molecule has 1 saturated heterocycles. The average molecular weight is 285 g/mol. The van der Waals surface area contributed by atoms with E-state index in [1.54, 1.807) is 12.1 Å². The van der Waals surface area contributed by atoms with Crippen molar-refractivity contribution in [2.75, 3.05) is 19.6 Å². The van der Waals surface area contributed by atoms with E-state index in [2.05, 4.69) is 24.1 Å². The highest BCUT2D eigenvalue weighted by molar-refractivity contribution is 6.30. The van der Waals surface area contributed by atoms with Gasteiger partial charge < -0.3 is 5.32 Å². The Morgan fingerprint density at radius 2 is 2.11 bits per heavy atom. The fourth-order valence-electron chi connectivity index (χ4n) is 2.95. The maximum absolute atomic E-state index is 13.9. The molecule has 0 bridgehead atoms. The summed E-state index contributed by atoms with van der Waals surface area (Å²) in [5.74, 6) is -0.163. The largest absolute Gasteiger partial charge is 0.314 e. The van der Waals surface area contributed by atoms with Gasteiger partial charge in [-0.3, -0.25) is 4.90 Å². The van der Waals surface area contributed by atoms with Crippen LogP contribution in [0.1, 0.15) is 32.3 Å². The summed E-state index contributed by atoms with van der Waals surface area (Å²) in [5.41, 5.74) is 0.827. The van der Waals surface area contributed by atoms with Crippen molar-refractivity contribution < 1.29 is 4.39 Å². The Morgan fingerprint density at radius 1 is 1.37 bits per heavy atom. The van der Waals surface area contributed by atoms with Gasteiger partial charge in [-0.15, -0.1) is 0 Å². The lowest BCUT2D eigenvalue weighted by Gasteiger charge is -2.47. The minimum absolute atomic E-state index is 0.132. The number of piperazine rings is 1. The average Bonchev–Trinajstić information content (AvgIpc) is 2.44. The Labute approximate surface area is 119 Å². The van der Waals surface area contributed by atoms with Crippen LogP contribution in [0.2, 0.25) is 5.02 Å². The minimum atomic E-state index is -0.163. The first kappa shape index (κ1) is 14.8. The predicted octanol–water partition coefficient (Wildman–Crippen LogP) is 3.44. The number of benzene rings is 1. The van der Waals surface area contributed by atoms with Crippen molar-refractivity contribution in [3.8, 4) is 0 Å². The van der Waals surface area contributed by atoms with Gasteiger partial charge in [-0.05, 0) is 31.0 Å². The van der Waals surface area contributed by atoms with Gasteiger partial charge in [0.05, 0.1) is 0 Å². The van der Waals surface area contributed by atoms with E-state index in [1.165, 1.54) is 6.07 Å². The molecular formula is C15H22ClFN2. The third kappa shape index (κ3) is 3.10. The number of hydrogen-bond acceptors (Lipinski definition) is 2. The van der Waals surface area contributed by atoms with Gasteiger partial charge in [0.2, 0.25) is 0 Å². The molecule has 1 aliphatic heterocycles. The Kier molecular flexibility index (Phi) is 4.82. The van der Waals surface area contributed by atoms with Crippen LogP contribution in [0.25, 0.3) is 0 Å². The fourth-order valence-corrected chi connectivity index (χ4v) is 3.14. The van der Waals surface area contributed by atoms with Gasteiger partial charge in [0, 0.05) is 42.3 Å². The molecule has 0 saturated carbocycles. The lowest BCUT2D eigenvalue weighted by atomic mass is 9.88. The molecule has 0 radical (unpaired) electrons. The zero-order chi connectivity index (χ0) is 13.9. The van der Waals surface area contributed by atoms with E-state index in [-0.39, 0.29) is 11.4 Å². The van der Waals surface area contributed by atoms with E-state index in [9.17, 15) is 4.39 Å². The monoisotopic (exact) mass is 284 g/mol. The molecule has 19 heavy (non-hydrogen) atoms. The first-order chi connectivity index (χ1) is 9.11. The van der Waals surface area contributed by atoms with Crippen molar-refractivity contribution in [2.45, 2.75) is 38.8 Å². The predicted molar refractivity (Wildman–Crippen MR) is 78.0 cm³/mol. The molecule has 0 aliphatic carbocycles. The molecule has 0 spiro atoms. The summed E-state index contributed by atoms with van der Waals surface area (Å²) in [6, 6.07) is 4.81. The van der Waals surface area contributed by atoms with E-state index in [1.807, 2.05) is 0 Å². The molecule has 106 valence electrons. The molecule has 1 aromatic rings. The summed E-state index contributed by atoms with van der Waals surface area (Å²) in [4.78, 5) is 2.40. The number of hydrogen-bond donors (Lipinski definition) is 1. The summed E-state index contributed by atoms with van der Waals surface area (Å²) >= 11 is 5.98. The van der Waals surface area contributed by atoms with Crippen LogP contribution in [0.5, 0.6) is 0 Å². The van der Waals surface area contributed by atoms with Crippen LogP contribution >= 0.6 is 11.6 Å². The Balaban J connectivity index is 2.22. The summed E-state index contributed by atoms with van der Waals surface area (Å²) in [5, 5.41) is 4.06. The van der Waals surface area contributed by atoms with Gasteiger partial charge in [0.1, 0.15) is 5.82 Å². The summed E-state index contributed by atoms with van der Waals surface area (Å²) in [6.07, 6.45) is 2.14. The van der Waals surface area contributed by atoms with Crippen molar-refractivity contribution in [3.63, 3.8) is 0 Å². The highest BCUT2D eigenvalue weighted by Crippen LogP contribution is 2.28. The molecule has 1 fully saturated rings. The zero-order valence-corrected chi connectivity index (χ0v) is 12.4. The highest BCUT2D eigenvalue weighted by Gasteiger charge is 2.35. The second kappa shape index (κ2) is 6.21. The molecule has 1 N–H and O–H groups in total. The van der Waals surface area contributed by atoms with E-state index < -0.39 is 0 Å². The maximum atomic E-state index is 13.9. The van der Waals surface area contributed by atoms with Gasteiger partial charge in [0.25, 0.3) is 0 Å². The van der Waals surface area contributed by atoms with Gasteiger partial charge in [-0.2, -0.15) is 0 Å². The molecule has 2 nitrogen and oxygen atoms in total. The van der Waals surface area contributed by atoms with Crippen molar-refractivity contribution in [1.82, 2.24) is 10.2 Å². The van der Waals surface area contributed by atoms with Gasteiger partial charge in [0.15, 0.2) is 0 Å². The molecular weight excluding hydrogens is 263 g/mol. The number of rotatable bonds is 4. The smallest absolute Gasteiger partial charge is 0.127 e. The van der Waals surface area contributed by atoms with Gasteiger partial charge in [-0.25, -0.2) is 4.39 Å². The van der Waals surface area contributed by atoms with Crippen molar-refractivity contribution in [1.29, 1.82) is 0 Å². The first-order valence-electron chi connectivity index (χ1n) is 7.01. The molecule has 0 aromatic heterocycles. The summed E-state index contributed by atoms with van der Waals surface area (Å²) in [7, 11) is 0. The standard InChI is InChI=1S/C15H22ClFN2/c1-3-15(4-2)11-18-7-8-19(15)10-12-9-13(16)5-6-14(12)17/h5-6,9,18H,3-4,7-8,10-11H2,1-2H3. The minimum Gasteiger partial charge on any atom is -0.314 e. The topological polar surface area (TPSA) is 15.3 Å². The van der Waals surface area contributed by atoms with Crippen LogP contribution in [-0.2, 0) is 6.54 Å². The highest BCUT2D eigenvalue weighted by atomic mass is 35.5. The maximum Gasteiger partial charge on any atom is 0.127 e. The quantitative estimate of drug-likeness (QED) is 0.911. The van der Waals surface area contributed by atoms with Crippen molar-refractivity contribution in [3.05, 3.63) is 34.6 Å². The number of nitrogens with one attached hydrogen (secondary N) is 1. The third-order valence-corrected chi connectivity index (χ3v) is 4.60. The second-order valence-corrected chi connectivity index (χ2v) is 5.70. The van der Waals surface area contributed by atoms with Crippen LogP contribution in [0.3, 0.4) is 0 Å². The first-order valence-corrected chi connectivity index (χ1v) is 7.39. The molecule has 1 aliphatic rings. The van der Waals surface area contributed by atoms with Gasteiger partial charge in [-0.1, -0.05) is 25.4 Å². The number of halogens is 2. The van der Waals surface area contributed by atoms with Gasteiger partial charge >= 0.3 is 0 Å². The van der Waals surface area contributed by atoms with Crippen LogP contribution in [0, 0.1) is 5.82 Å². The lowest BCUT2D eigenvalue weighted by Crippen LogP contribution is -2.60. The fraction of sp³-hybridized carbons (Fsp3) is 0.600. The van der Waals surface area contributed by atoms with Crippen LogP contribution in [0.4, 0.5) is 4.39 Å². The van der Waals surface area contributed by atoms with E-state index in [0.29, 0.717) is 17.1 Å². The Morgan fingerprint density at radius 3 is 2.79 bits per heavy atom. The molecule has 1 heterocycles. The third-order valence-electron chi connectivity index (χ3n) is 4.37. The van der Waals surface area contributed by atoms with Crippen LogP contribution in [0.15, 0.2) is 18.2 Å². The molecule has 0 amide bonds. The van der Waals surface area contributed by atoms with Crippen LogP contribution in [-0.4, -0.2) is 30.1 Å². The van der Waals surface area contributed by atoms with E-state index in [4.69, 9.17) is 11.6 Å². The second-order valence-electron chi connectivity index (χ2n) is 5.27. The number of nitrogens with zero attached hydrogens (tertiary/aromatic N) is 1. The molecule has 0 atom stereocenters. The molecule has 4 heteroatoms. The SMILES string of the molecule is CCC1(CC)CNCCN1Cc1cc(Cl)ccc1F.